The van der Waals surface area contributed by atoms with E-state index in [1.165, 1.54) is 0 Å². The highest BCUT2D eigenvalue weighted by molar-refractivity contribution is 5.82. The average Bonchev–Trinajstić information content (AvgIpc) is 3.07. The van der Waals surface area contributed by atoms with Crippen molar-refractivity contribution >= 4 is 16.9 Å². The number of fused-ring (bicyclic) bond motifs is 1. The minimum absolute atomic E-state index is 0.0291. The third-order valence-corrected chi connectivity index (χ3v) is 3.44. The zero-order valence-corrected chi connectivity index (χ0v) is 11.4. The van der Waals surface area contributed by atoms with Gasteiger partial charge in [-0.15, -0.1) is 10.2 Å². The number of anilines is 1. The van der Waals surface area contributed by atoms with Gasteiger partial charge in [0, 0.05) is 26.8 Å². The molecule has 108 valence electrons. The van der Waals surface area contributed by atoms with Crippen molar-refractivity contribution in [1.29, 1.82) is 0 Å². The van der Waals surface area contributed by atoms with E-state index in [1.54, 1.807) is 31.3 Å². The molecule has 0 unspecified atom stereocenters. The van der Waals surface area contributed by atoms with Gasteiger partial charge >= 0.3 is 0 Å². The number of ether oxygens (including phenoxy) is 3. The molecule has 1 fully saturated rings. The average molecular weight is 279 g/mol. The Balaban J connectivity index is 1.81. The number of nitrogens with two attached hydrogens (primary N) is 1. The molecule has 2 atom stereocenters. The van der Waals surface area contributed by atoms with Crippen LogP contribution < -0.4 is 5.73 Å². The standard InChI is InChI=1S/C12H17N5O3/c1-18-12(19-2)9-5-7(6-20-9)17-15-10-8(13)3-4-14-11(10)16-17/h3-4,7,9,12H,5-6,13H2,1-2H3/t7-,9-/m1/s1. The molecule has 0 spiro atoms. The summed E-state index contributed by atoms with van der Waals surface area (Å²) in [6.45, 7) is 0.509. The van der Waals surface area contributed by atoms with E-state index in [2.05, 4.69) is 15.2 Å². The summed E-state index contributed by atoms with van der Waals surface area (Å²) in [7, 11) is 3.19. The Morgan fingerprint density at radius 1 is 1.40 bits per heavy atom. The van der Waals surface area contributed by atoms with E-state index in [0.717, 1.165) is 0 Å². The predicted molar refractivity (Wildman–Crippen MR) is 70.9 cm³/mol. The van der Waals surface area contributed by atoms with Crippen LogP contribution in [0.1, 0.15) is 12.5 Å². The Morgan fingerprint density at radius 3 is 2.90 bits per heavy atom. The fourth-order valence-electron chi connectivity index (χ4n) is 2.41. The molecular weight excluding hydrogens is 262 g/mol. The van der Waals surface area contributed by atoms with Gasteiger partial charge in [-0.25, -0.2) is 4.98 Å². The molecule has 1 aliphatic heterocycles. The number of aromatic nitrogens is 4. The molecule has 0 amide bonds. The van der Waals surface area contributed by atoms with Crippen molar-refractivity contribution in [2.24, 2.45) is 0 Å². The van der Waals surface area contributed by atoms with Gasteiger partial charge < -0.3 is 19.9 Å². The van der Waals surface area contributed by atoms with Gasteiger partial charge in [0.25, 0.3) is 0 Å². The highest BCUT2D eigenvalue weighted by Crippen LogP contribution is 2.27. The Bertz CT molecular complexity index is 598. The van der Waals surface area contributed by atoms with Gasteiger partial charge in [-0.3, -0.25) is 0 Å². The van der Waals surface area contributed by atoms with Gasteiger partial charge in [0.15, 0.2) is 11.8 Å². The molecule has 0 radical (unpaired) electrons. The monoisotopic (exact) mass is 279 g/mol. The summed E-state index contributed by atoms with van der Waals surface area (Å²) in [4.78, 5) is 5.78. The van der Waals surface area contributed by atoms with E-state index in [4.69, 9.17) is 19.9 Å². The fourth-order valence-corrected chi connectivity index (χ4v) is 2.41. The maximum absolute atomic E-state index is 5.86. The Morgan fingerprint density at radius 2 is 2.20 bits per heavy atom. The second-order valence-corrected chi connectivity index (χ2v) is 4.69. The second-order valence-electron chi connectivity index (χ2n) is 4.69. The maximum atomic E-state index is 5.86. The number of hydrogen-bond acceptors (Lipinski definition) is 7. The SMILES string of the molecule is COC(OC)[C@H]1C[C@@H](n2nc3nccc(N)c3n2)CO1. The van der Waals surface area contributed by atoms with Crippen molar-refractivity contribution in [2.75, 3.05) is 26.6 Å². The minimum atomic E-state index is -0.381. The predicted octanol–water partition coefficient (Wildman–Crippen LogP) is 0.357. The highest BCUT2D eigenvalue weighted by atomic mass is 16.7. The number of nitrogens with zero attached hydrogens (tertiary/aromatic N) is 4. The molecule has 3 rings (SSSR count). The fraction of sp³-hybridized carbons (Fsp3) is 0.583. The molecule has 0 aromatic carbocycles. The smallest absolute Gasteiger partial charge is 0.203 e. The van der Waals surface area contributed by atoms with Crippen LogP contribution in [0.5, 0.6) is 0 Å². The molecular formula is C12H17N5O3. The van der Waals surface area contributed by atoms with Gasteiger partial charge in [-0.1, -0.05) is 0 Å². The van der Waals surface area contributed by atoms with Crippen LogP contribution in [0.15, 0.2) is 12.3 Å². The zero-order valence-electron chi connectivity index (χ0n) is 11.4. The summed E-state index contributed by atoms with van der Waals surface area (Å²) in [6.07, 6.45) is 1.83. The number of nitrogen functional groups attached to an aromatic ring is 1. The van der Waals surface area contributed by atoms with Crippen molar-refractivity contribution < 1.29 is 14.2 Å². The third-order valence-electron chi connectivity index (χ3n) is 3.44. The van der Waals surface area contributed by atoms with Crippen LogP contribution in [0.3, 0.4) is 0 Å². The first kappa shape index (κ1) is 13.2. The molecule has 2 N–H and O–H groups in total. The molecule has 2 aromatic heterocycles. The molecule has 0 bridgehead atoms. The molecule has 0 aliphatic carbocycles. The van der Waals surface area contributed by atoms with Gasteiger partial charge in [0.1, 0.15) is 6.10 Å². The van der Waals surface area contributed by atoms with Gasteiger partial charge in [0.05, 0.1) is 18.3 Å². The van der Waals surface area contributed by atoms with E-state index in [9.17, 15) is 0 Å². The molecule has 2 aromatic rings. The Labute approximate surface area is 115 Å². The normalized spacial score (nSPS) is 22.9. The maximum Gasteiger partial charge on any atom is 0.203 e. The topological polar surface area (TPSA) is 97.3 Å². The second kappa shape index (κ2) is 5.31. The lowest BCUT2D eigenvalue weighted by atomic mass is 10.2. The summed E-state index contributed by atoms with van der Waals surface area (Å²) in [5.74, 6) is 0. The Hall–Kier alpha value is -1.77. The van der Waals surface area contributed by atoms with Crippen LogP contribution in [-0.4, -0.2) is 53.2 Å². The van der Waals surface area contributed by atoms with Crippen molar-refractivity contribution in [3.63, 3.8) is 0 Å². The highest BCUT2D eigenvalue weighted by Gasteiger charge is 2.34. The molecule has 1 aliphatic rings. The van der Waals surface area contributed by atoms with E-state index in [0.29, 0.717) is 29.9 Å². The number of pyridine rings is 1. The van der Waals surface area contributed by atoms with E-state index < -0.39 is 0 Å². The molecule has 3 heterocycles. The van der Waals surface area contributed by atoms with Crippen molar-refractivity contribution in [3.05, 3.63) is 12.3 Å². The first-order valence-electron chi connectivity index (χ1n) is 6.37. The number of methoxy groups -OCH3 is 2. The van der Waals surface area contributed by atoms with E-state index in [-0.39, 0.29) is 18.4 Å². The van der Waals surface area contributed by atoms with Crippen LogP contribution in [0.4, 0.5) is 5.69 Å². The summed E-state index contributed by atoms with van der Waals surface area (Å²) >= 11 is 0. The lowest BCUT2D eigenvalue weighted by molar-refractivity contribution is -0.167. The van der Waals surface area contributed by atoms with Gasteiger partial charge in [0.2, 0.25) is 5.65 Å². The largest absolute Gasteiger partial charge is 0.397 e. The molecule has 8 heteroatoms. The molecule has 0 saturated carbocycles. The molecule has 8 nitrogen and oxygen atoms in total. The Kier molecular flexibility index (Phi) is 3.51. The van der Waals surface area contributed by atoms with E-state index in [1.807, 2.05) is 0 Å². The zero-order chi connectivity index (χ0) is 14.1. The summed E-state index contributed by atoms with van der Waals surface area (Å²) in [6, 6.07) is 1.74. The summed E-state index contributed by atoms with van der Waals surface area (Å²) in [5.41, 5.74) is 7.59. The van der Waals surface area contributed by atoms with Gasteiger partial charge in [-0.2, -0.15) is 4.80 Å². The van der Waals surface area contributed by atoms with Crippen molar-refractivity contribution in [3.8, 4) is 0 Å². The minimum Gasteiger partial charge on any atom is -0.397 e. The van der Waals surface area contributed by atoms with Crippen LogP contribution >= 0.6 is 0 Å². The first-order chi connectivity index (χ1) is 9.72. The van der Waals surface area contributed by atoms with Crippen LogP contribution in [0.2, 0.25) is 0 Å². The lowest BCUT2D eigenvalue weighted by Crippen LogP contribution is -2.29. The molecule has 1 saturated heterocycles. The van der Waals surface area contributed by atoms with Crippen molar-refractivity contribution in [2.45, 2.75) is 24.9 Å². The van der Waals surface area contributed by atoms with Crippen LogP contribution in [0, 0.1) is 0 Å². The van der Waals surface area contributed by atoms with Gasteiger partial charge in [-0.05, 0) is 6.07 Å². The molecule has 20 heavy (non-hydrogen) atoms. The van der Waals surface area contributed by atoms with Crippen LogP contribution in [0.25, 0.3) is 11.2 Å². The third kappa shape index (κ3) is 2.21. The van der Waals surface area contributed by atoms with E-state index >= 15 is 0 Å². The lowest BCUT2D eigenvalue weighted by Gasteiger charge is -2.19. The number of hydrogen-bond donors (Lipinski definition) is 1. The van der Waals surface area contributed by atoms with Crippen molar-refractivity contribution in [1.82, 2.24) is 20.0 Å². The first-order valence-corrected chi connectivity index (χ1v) is 6.37. The quantitative estimate of drug-likeness (QED) is 0.807. The summed E-state index contributed by atoms with van der Waals surface area (Å²) < 4.78 is 16.1. The summed E-state index contributed by atoms with van der Waals surface area (Å²) in [5, 5.41) is 8.75. The number of rotatable bonds is 4. The van der Waals surface area contributed by atoms with Crippen LogP contribution in [-0.2, 0) is 14.2 Å².